The van der Waals surface area contributed by atoms with Crippen molar-refractivity contribution in [1.82, 2.24) is 0 Å². The van der Waals surface area contributed by atoms with Crippen LogP contribution in [0, 0.1) is 0 Å². The molecule has 0 amide bonds. The fraction of sp³-hybridized carbons (Fsp3) is 0. The van der Waals surface area contributed by atoms with Gasteiger partial charge in [0.1, 0.15) is 0 Å². The van der Waals surface area contributed by atoms with Crippen molar-refractivity contribution in [2.45, 2.75) is 0 Å². The summed E-state index contributed by atoms with van der Waals surface area (Å²) in [4.78, 5) is 0. The van der Waals surface area contributed by atoms with Crippen LogP contribution in [0.1, 0.15) is 0 Å². The minimum absolute atomic E-state index is 0. The number of hydrogen-bond donors (Lipinski definition) is 0. The van der Waals surface area contributed by atoms with Crippen LogP contribution in [-0.2, 0) is 71.1 Å². The van der Waals surface area contributed by atoms with E-state index in [0.29, 0.717) is 0 Å². The molecule has 0 aromatic rings. The van der Waals surface area contributed by atoms with Gasteiger partial charge >= 0.3 is 60.3 Å². The zero-order valence-electron chi connectivity index (χ0n) is 3.09. The summed E-state index contributed by atoms with van der Waals surface area (Å²) in [5, 5.41) is 0. The van der Waals surface area contributed by atoms with Crippen LogP contribution in [0.2, 0.25) is 0 Å². The van der Waals surface area contributed by atoms with Gasteiger partial charge in [0.15, 0.2) is 0 Å². The molecule has 41 valence electrons. The van der Waals surface area contributed by atoms with Gasteiger partial charge in [0, 0.05) is 0 Å². The normalized spacial score (nSPS) is 0. The van der Waals surface area contributed by atoms with Gasteiger partial charge < -0.3 is 54.0 Å². The molecule has 0 heterocycles. The van der Waals surface area contributed by atoms with Crippen LogP contribution in [0.25, 0.3) is 0 Å². The first kappa shape index (κ1) is 81.3. The van der Waals surface area contributed by atoms with Crippen LogP contribution in [0.4, 0.5) is 0 Å². The van der Waals surface area contributed by atoms with Gasteiger partial charge in [-0.3, -0.25) is 0 Å². The molecule has 0 fully saturated rings. The first-order valence-electron chi connectivity index (χ1n) is 0. The van der Waals surface area contributed by atoms with E-state index in [1.54, 1.807) is 0 Å². The molecule has 0 aliphatic carbocycles. The predicted molar refractivity (Wildman–Crippen MR) is 41.0 cm³/mol. The molecule has 0 bridgehead atoms. The van der Waals surface area contributed by atoms with E-state index >= 15 is 0 Å². The maximum atomic E-state index is 0. The monoisotopic (exact) mass is 333 g/mol. The second-order valence-electron chi connectivity index (χ2n) is 0. The van der Waals surface area contributed by atoms with Gasteiger partial charge in [0.25, 0.3) is 0 Å². The molecule has 0 aliphatic rings. The third kappa shape index (κ3) is 45.3. The van der Waals surface area contributed by atoms with Gasteiger partial charge in [0.2, 0.25) is 0 Å². The molecule has 0 saturated heterocycles. The van der Waals surface area contributed by atoms with Crippen LogP contribution in [0.3, 0.4) is 0 Å². The Morgan fingerprint density at radius 3 is 0.571 bits per heavy atom. The zero-order valence-corrected chi connectivity index (χ0v) is 11.7. The van der Waals surface area contributed by atoms with Crippen molar-refractivity contribution in [3.8, 4) is 0 Å². The smallest absolute Gasteiger partial charge is 2.00 e. The molecule has 0 saturated carbocycles. The third-order valence-corrected chi connectivity index (χ3v) is 0. The topological polar surface area (TPSA) is 0 Å². The van der Waals surface area contributed by atoms with Crippen LogP contribution in [-0.4, -0.2) is 43.2 Å². The van der Waals surface area contributed by atoms with Gasteiger partial charge in [0.05, 0.1) is 0 Å². The second kappa shape index (κ2) is 58.5. The summed E-state index contributed by atoms with van der Waals surface area (Å²) in [5.41, 5.74) is 0. The Labute approximate surface area is 113 Å². The number of rotatable bonds is 0. The molecular formula is AlCuInS4. The third-order valence-electron chi connectivity index (χ3n) is 0. The van der Waals surface area contributed by atoms with Gasteiger partial charge in [-0.25, -0.2) is 0 Å². The Morgan fingerprint density at radius 2 is 0.571 bits per heavy atom. The molecule has 0 spiro atoms. The van der Waals surface area contributed by atoms with Crippen molar-refractivity contribution in [1.29, 1.82) is 0 Å². The molecule has 1 radical (unpaired) electrons. The fourth-order valence-electron chi connectivity index (χ4n) is 0. The van der Waals surface area contributed by atoms with Crippen LogP contribution >= 0.6 is 0 Å². The molecule has 0 aromatic heterocycles. The average Bonchev–Trinajstić information content (AvgIpc) is 0. The summed E-state index contributed by atoms with van der Waals surface area (Å²) in [6.07, 6.45) is 0. The Balaban J connectivity index is 0. The van der Waals surface area contributed by atoms with E-state index in [0.717, 1.165) is 0 Å². The maximum Gasteiger partial charge on any atom is 3.00 e. The van der Waals surface area contributed by atoms with E-state index in [4.69, 9.17) is 0 Å². The van der Waals surface area contributed by atoms with Crippen LogP contribution in [0.5, 0.6) is 0 Å². The van der Waals surface area contributed by atoms with E-state index in [9.17, 15) is 0 Å². The zero-order chi connectivity index (χ0) is 0. The molecule has 0 aromatic carbocycles. The van der Waals surface area contributed by atoms with E-state index in [2.05, 4.69) is 0 Å². The van der Waals surface area contributed by atoms with E-state index in [1.807, 2.05) is 0 Å². The van der Waals surface area contributed by atoms with Gasteiger partial charge in [-0.1, -0.05) is 0 Å². The first-order valence-corrected chi connectivity index (χ1v) is 0. The minimum atomic E-state index is 0. The summed E-state index contributed by atoms with van der Waals surface area (Å²) < 4.78 is 0. The number of hydrogen-bond acceptors (Lipinski definition) is 0. The quantitative estimate of drug-likeness (QED) is 0.511. The van der Waals surface area contributed by atoms with Crippen molar-refractivity contribution in [2.24, 2.45) is 0 Å². The van der Waals surface area contributed by atoms with Crippen LogP contribution < -0.4 is 0 Å². The molecule has 0 unspecified atom stereocenters. The fourth-order valence-corrected chi connectivity index (χ4v) is 0. The Hall–Kier alpha value is 3.32. The summed E-state index contributed by atoms with van der Waals surface area (Å²) in [7, 11) is 0. The minimum Gasteiger partial charge on any atom is -2.00 e. The van der Waals surface area contributed by atoms with E-state index in [-0.39, 0.29) is 114 Å². The largest absolute Gasteiger partial charge is 3.00 e. The van der Waals surface area contributed by atoms with Crippen molar-refractivity contribution in [3.63, 3.8) is 0 Å². The van der Waals surface area contributed by atoms with Gasteiger partial charge in [-0.2, -0.15) is 0 Å². The molecule has 7 heavy (non-hydrogen) atoms. The Bertz CT molecular complexity index is 11.7. The summed E-state index contributed by atoms with van der Waals surface area (Å²) >= 11 is 0. The van der Waals surface area contributed by atoms with Gasteiger partial charge in [-0.15, -0.1) is 0 Å². The van der Waals surface area contributed by atoms with Crippen LogP contribution in [0.15, 0.2) is 0 Å². The molecular weight excluding hydrogens is 334 g/mol. The Morgan fingerprint density at radius 1 is 0.571 bits per heavy atom. The Kier molecular flexibility index (Phi) is 679. The summed E-state index contributed by atoms with van der Waals surface area (Å²) in [6.45, 7) is 0. The maximum absolute atomic E-state index is 0. The average molecular weight is 334 g/mol. The molecule has 0 rings (SSSR count). The van der Waals surface area contributed by atoms with E-state index < -0.39 is 0 Å². The molecule has 0 aliphatic heterocycles. The second-order valence-corrected chi connectivity index (χ2v) is 0. The summed E-state index contributed by atoms with van der Waals surface area (Å²) in [5.74, 6) is 0. The van der Waals surface area contributed by atoms with Crippen molar-refractivity contribution < 1.29 is 17.1 Å². The van der Waals surface area contributed by atoms with E-state index in [1.165, 1.54) is 0 Å². The standard InChI is InChI=1S/Al.Cu.In.4S/q+3;+2;+3;4*-2. The predicted octanol–water partition coefficient (Wildman–Crippen LogP) is -0.774. The summed E-state index contributed by atoms with van der Waals surface area (Å²) in [6, 6.07) is 0. The van der Waals surface area contributed by atoms with Gasteiger partial charge in [-0.05, 0) is 0 Å². The molecule has 0 atom stereocenters. The van der Waals surface area contributed by atoms with Crippen molar-refractivity contribution in [3.05, 3.63) is 0 Å². The van der Waals surface area contributed by atoms with Crippen molar-refractivity contribution in [2.75, 3.05) is 0 Å². The molecule has 7 heteroatoms. The SMILES string of the molecule is [Al+3].[Cu+2].[In+3].[S-2].[S-2].[S-2].[S-2]. The van der Waals surface area contributed by atoms with Crippen molar-refractivity contribution >= 4 is 97.2 Å². The molecule has 0 nitrogen and oxygen atoms in total. The first-order chi connectivity index (χ1) is 0. The molecule has 0 N–H and O–H groups in total.